The molecule has 0 aromatic carbocycles. The third kappa shape index (κ3) is 4.04. The highest BCUT2D eigenvalue weighted by molar-refractivity contribution is 4.68. The molecule has 1 saturated heterocycles. The van der Waals surface area contributed by atoms with Gasteiger partial charge in [0.1, 0.15) is 26.2 Å². The lowest BCUT2D eigenvalue weighted by atomic mass is 9.87. The number of nitrogens with two attached hydrogens (primary N) is 1. The van der Waals surface area contributed by atoms with Gasteiger partial charge in [-0.15, -0.1) is 0 Å². The minimum atomic E-state index is 0.921. The molecule has 0 radical (unpaired) electrons. The van der Waals surface area contributed by atoms with Crippen LogP contribution < -0.4 is 10.2 Å². The van der Waals surface area contributed by atoms with Crippen LogP contribution in [0.5, 0.6) is 0 Å². The smallest absolute Gasteiger partial charge is 0.127 e. The molecule has 2 rings (SSSR count). The van der Waals surface area contributed by atoms with E-state index in [0.717, 1.165) is 25.2 Å². The Morgan fingerprint density at radius 3 is 2.81 bits per heavy atom. The summed E-state index contributed by atoms with van der Waals surface area (Å²) in [5, 5.41) is 2.61. The average Bonchev–Trinajstić information content (AvgIpc) is 2.30. The van der Waals surface area contributed by atoms with E-state index in [0.29, 0.717) is 0 Å². The second-order valence-corrected chi connectivity index (χ2v) is 5.67. The maximum atomic E-state index is 5.38. The van der Waals surface area contributed by atoms with E-state index in [4.69, 9.17) is 4.74 Å². The monoisotopic (exact) mass is 228 g/mol. The molecule has 1 aliphatic carbocycles. The molecule has 3 N–H and O–H groups in total. The topological polar surface area (TPSA) is 30.3 Å². The van der Waals surface area contributed by atoms with E-state index in [9.17, 15) is 0 Å². The van der Waals surface area contributed by atoms with Crippen LogP contribution in [0, 0.1) is 5.92 Å². The predicted molar refractivity (Wildman–Crippen MR) is 64.6 cm³/mol. The van der Waals surface area contributed by atoms with Gasteiger partial charge in [-0.05, 0) is 18.8 Å². The van der Waals surface area contributed by atoms with Crippen molar-refractivity contribution in [2.45, 2.75) is 38.6 Å². The van der Waals surface area contributed by atoms with E-state index < -0.39 is 0 Å². The fourth-order valence-electron chi connectivity index (χ4n) is 3.13. The Bertz CT molecular complexity index is 192. The van der Waals surface area contributed by atoms with Crippen LogP contribution in [0.2, 0.25) is 0 Å². The average molecular weight is 228 g/mol. The number of nitrogens with one attached hydrogen (secondary N) is 1. The molecule has 16 heavy (non-hydrogen) atoms. The van der Waals surface area contributed by atoms with Gasteiger partial charge >= 0.3 is 0 Å². The number of hydrogen-bond acceptors (Lipinski definition) is 1. The first kappa shape index (κ1) is 12.3. The zero-order chi connectivity index (χ0) is 11.2. The summed E-state index contributed by atoms with van der Waals surface area (Å²) >= 11 is 0. The molecule has 0 bridgehead atoms. The van der Waals surface area contributed by atoms with Gasteiger partial charge in [0.25, 0.3) is 0 Å². The van der Waals surface area contributed by atoms with E-state index in [2.05, 4.69) is 12.2 Å². The lowest BCUT2D eigenvalue weighted by Crippen LogP contribution is -3.16. The van der Waals surface area contributed by atoms with E-state index in [1.54, 1.807) is 4.90 Å². The quantitative estimate of drug-likeness (QED) is 0.638. The first-order valence-electron chi connectivity index (χ1n) is 7.09. The molecule has 0 spiro atoms. The second kappa shape index (κ2) is 6.58. The first-order valence-corrected chi connectivity index (χ1v) is 7.09. The van der Waals surface area contributed by atoms with Gasteiger partial charge in [0, 0.05) is 6.42 Å². The van der Waals surface area contributed by atoms with Gasteiger partial charge in [-0.2, -0.15) is 0 Å². The Labute approximate surface area is 99.5 Å². The molecular weight excluding hydrogens is 200 g/mol. The number of rotatable bonds is 4. The van der Waals surface area contributed by atoms with Crippen molar-refractivity contribution in [3.63, 3.8) is 0 Å². The van der Waals surface area contributed by atoms with Crippen LogP contribution >= 0.6 is 0 Å². The van der Waals surface area contributed by atoms with E-state index in [-0.39, 0.29) is 0 Å². The fraction of sp³-hybridized carbons (Fsp3) is 1.00. The largest absolute Gasteiger partial charge is 0.370 e. The fourth-order valence-corrected chi connectivity index (χ4v) is 3.13. The van der Waals surface area contributed by atoms with Crippen LogP contribution in [-0.4, -0.2) is 45.4 Å². The normalized spacial score (nSPS) is 32.8. The van der Waals surface area contributed by atoms with Gasteiger partial charge in [-0.25, -0.2) is 0 Å². The molecule has 2 aliphatic rings. The van der Waals surface area contributed by atoms with Crippen LogP contribution in [0.3, 0.4) is 0 Å². The third-order valence-electron chi connectivity index (χ3n) is 4.17. The summed E-state index contributed by atoms with van der Waals surface area (Å²) in [6.07, 6.45) is 5.80. The van der Waals surface area contributed by atoms with E-state index in [1.807, 2.05) is 0 Å². The van der Waals surface area contributed by atoms with Crippen LogP contribution in [-0.2, 0) is 4.74 Å². The van der Waals surface area contributed by atoms with Crippen molar-refractivity contribution >= 4 is 0 Å². The molecule has 0 aromatic rings. The van der Waals surface area contributed by atoms with Crippen LogP contribution in [0.4, 0.5) is 0 Å². The summed E-state index contributed by atoms with van der Waals surface area (Å²) in [5.41, 5.74) is 0. The van der Waals surface area contributed by atoms with Crippen LogP contribution in [0.15, 0.2) is 0 Å². The minimum absolute atomic E-state index is 0.921. The molecule has 1 saturated carbocycles. The minimum Gasteiger partial charge on any atom is -0.370 e. The number of hydrogen-bond donors (Lipinski definition) is 2. The molecule has 1 aliphatic heterocycles. The van der Waals surface area contributed by atoms with Crippen molar-refractivity contribution in [2.75, 3.05) is 39.4 Å². The first-order chi connectivity index (χ1) is 7.84. The van der Waals surface area contributed by atoms with Gasteiger partial charge in [0.05, 0.1) is 19.3 Å². The summed E-state index contributed by atoms with van der Waals surface area (Å²) in [7, 11) is 0. The summed E-state index contributed by atoms with van der Waals surface area (Å²) in [5.74, 6) is 0.964. The highest BCUT2D eigenvalue weighted by Crippen LogP contribution is 2.21. The predicted octanol–water partition coefficient (Wildman–Crippen LogP) is -0.956. The van der Waals surface area contributed by atoms with Crippen molar-refractivity contribution in [2.24, 2.45) is 5.92 Å². The number of ether oxygens (including phenoxy) is 1. The van der Waals surface area contributed by atoms with Gasteiger partial charge in [-0.3, -0.25) is 0 Å². The van der Waals surface area contributed by atoms with E-state index in [1.165, 1.54) is 51.9 Å². The summed E-state index contributed by atoms with van der Waals surface area (Å²) in [6, 6.07) is 0.921. The molecule has 0 aromatic heterocycles. The third-order valence-corrected chi connectivity index (χ3v) is 4.17. The lowest BCUT2D eigenvalue weighted by Gasteiger charge is -2.27. The van der Waals surface area contributed by atoms with Crippen LogP contribution in [0.25, 0.3) is 0 Å². The zero-order valence-corrected chi connectivity index (χ0v) is 10.7. The number of morpholine rings is 1. The van der Waals surface area contributed by atoms with E-state index >= 15 is 0 Å². The second-order valence-electron chi connectivity index (χ2n) is 5.67. The van der Waals surface area contributed by atoms with Gasteiger partial charge in [0.2, 0.25) is 0 Å². The highest BCUT2D eigenvalue weighted by Gasteiger charge is 2.22. The summed E-state index contributed by atoms with van der Waals surface area (Å²) < 4.78 is 5.38. The van der Waals surface area contributed by atoms with Crippen molar-refractivity contribution in [1.82, 2.24) is 0 Å². The molecule has 3 heteroatoms. The van der Waals surface area contributed by atoms with Crippen molar-refractivity contribution < 1.29 is 15.0 Å². The Kier molecular flexibility index (Phi) is 5.07. The molecule has 3 nitrogen and oxygen atoms in total. The summed E-state index contributed by atoms with van der Waals surface area (Å²) in [4.78, 5) is 1.74. The van der Waals surface area contributed by atoms with Crippen molar-refractivity contribution in [3.8, 4) is 0 Å². The molecular formula is C13H28N2O+2. The molecule has 1 heterocycles. The highest BCUT2D eigenvalue weighted by atomic mass is 16.5. The summed E-state index contributed by atoms with van der Waals surface area (Å²) in [6.45, 7) is 9.42. The zero-order valence-electron chi connectivity index (χ0n) is 10.7. The Morgan fingerprint density at radius 1 is 1.25 bits per heavy atom. The lowest BCUT2D eigenvalue weighted by molar-refractivity contribution is -0.921. The van der Waals surface area contributed by atoms with Gasteiger partial charge < -0.3 is 15.0 Å². The molecule has 0 amide bonds. The van der Waals surface area contributed by atoms with Crippen molar-refractivity contribution in [1.29, 1.82) is 0 Å². The number of quaternary nitrogens is 2. The maximum Gasteiger partial charge on any atom is 0.127 e. The SMILES string of the molecule is C[C@@H]1CCC[C@H]([NH2+]CC[NH+]2CCOCC2)C1. The maximum absolute atomic E-state index is 5.38. The Balaban J connectivity index is 1.56. The van der Waals surface area contributed by atoms with Crippen molar-refractivity contribution in [3.05, 3.63) is 0 Å². The van der Waals surface area contributed by atoms with Crippen LogP contribution in [0.1, 0.15) is 32.6 Å². The Morgan fingerprint density at radius 2 is 2.06 bits per heavy atom. The molecule has 0 unspecified atom stereocenters. The molecule has 2 fully saturated rings. The molecule has 2 atom stereocenters. The standard InChI is InChI=1S/C13H26N2O/c1-12-3-2-4-13(11-12)14-5-6-15-7-9-16-10-8-15/h12-14H,2-11H2,1H3/p+2/t12-,13+/m1/s1. The van der Waals surface area contributed by atoms with Gasteiger partial charge in [0.15, 0.2) is 0 Å². The van der Waals surface area contributed by atoms with Gasteiger partial charge in [-0.1, -0.05) is 13.3 Å². The molecule has 94 valence electrons. The Hall–Kier alpha value is -0.120.